The molecule has 3 nitrogen and oxygen atoms in total. The summed E-state index contributed by atoms with van der Waals surface area (Å²) < 4.78 is 5.42. The highest BCUT2D eigenvalue weighted by Crippen LogP contribution is 2.17. The Balaban J connectivity index is 2.36. The first-order valence-electron chi connectivity index (χ1n) is 6.12. The summed E-state index contributed by atoms with van der Waals surface area (Å²) in [5.41, 5.74) is 5.80. The van der Waals surface area contributed by atoms with Gasteiger partial charge >= 0.3 is 0 Å². The van der Waals surface area contributed by atoms with E-state index in [1.807, 2.05) is 7.11 Å². The van der Waals surface area contributed by atoms with Crippen molar-refractivity contribution < 1.29 is 4.74 Å². The van der Waals surface area contributed by atoms with Crippen molar-refractivity contribution in [2.24, 2.45) is 17.6 Å². The first-order valence-corrected chi connectivity index (χ1v) is 6.12. The molecule has 1 rings (SSSR count). The summed E-state index contributed by atoms with van der Waals surface area (Å²) in [5, 5.41) is 0. The largest absolute Gasteiger partial charge is 0.380 e. The zero-order chi connectivity index (χ0) is 11.3. The molecule has 15 heavy (non-hydrogen) atoms. The molecule has 90 valence electrons. The first kappa shape index (κ1) is 12.9. The Morgan fingerprint density at radius 3 is 2.73 bits per heavy atom. The third kappa shape index (κ3) is 4.09. The number of methoxy groups -OCH3 is 1. The van der Waals surface area contributed by atoms with Gasteiger partial charge in [0.15, 0.2) is 0 Å². The molecule has 1 saturated heterocycles. The summed E-state index contributed by atoms with van der Waals surface area (Å²) in [6.07, 6.45) is 2.90. The van der Waals surface area contributed by atoms with Gasteiger partial charge in [-0.25, -0.2) is 0 Å². The maximum Gasteiger partial charge on any atom is 0.0698 e. The van der Waals surface area contributed by atoms with Gasteiger partial charge in [-0.2, -0.15) is 0 Å². The van der Waals surface area contributed by atoms with Crippen LogP contribution in [0, 0.1) is 11.8 Å². The number of nitrogens with zero attached hydrogens (tertiary/aromatic N) is 1. The van der Waals surface area contributed by atoms with Crippen LogP contribution in [0.1, 0.15) is 26.7 Å². The van der Waals surface area contributed by atoms with Crippen molar-refractivity contribution in [3.63, 3.8) is 0 Å². The number of likely N-dealkylation sites (tertiary alicyclic amines) is 1. The van der Waals surface area contributed by atoms with E-state index in [2.05, 4.69) is 18.7 Å². The summed E-state index contributed by atoms with van der Waals surface area (Å²) in [5.74, 6) is 1.30. The highest BCUT2D eigenvalue weighted by Gasteiger charge is 2.22. The highest BCUT2D eigenvalue weighted by molar-refractivity contribution is 4.76. The van der Waals surface area contributed by atoms with Gasteiger partial charge < -0.3 is 15.4 Å². The molecule has 0 aromatic carbocycles. The molecule has 0 aliphatic carbocycles. The van der Waals surface area contributed by atoms with Crippen LogP contribution in [0.3, 0.4) is 0 Å². The van der Waals surface area contributed by atoms with Crippen LogP contribution in [0.25, 0.3) is 0 Å². The van der Waals surface area contributed by atoms with Gasteiger partial charge in [-0.1, -0.05) is 13.8 Å². The second-order valence-electron chi connectivity index (χ2n) is 5.00. The maximum atomic E-state index is 5.80. The molecule has 0 radical (unpaired) electrons. The summed E-state index contributed by atoms with van der Waals surface area (Å²) in [6.45, 7) is 8.74. The molecule has 1 aliphatic rings. The molecule has 0 aromatic heterocycles. The third-order valence-electron chi connectivity index (χ3n) is 3.53. The molecule has 2 N–H and O–H groups in total. The van der Waals surface area contributed by atoms with Crippen LogP contribution in [0.5, 0.6) is 0 Å². The average Bonchev–Trinajstić information content (AvgIpc) is 2.25. The lowest BCUT2D eigenvalue weighted by atomic mass is 9.94. The van der Waals surface area contributed by atoms with E-state index >= 15 is 0 Å². The molecule has 2 atom stereocenters. The van der Waals surface area contributed by atoms with Crippen LogP contribution in [0.15, 0.2) is 0 Å². The number of nitrogens with two attached hydrogens (primary N) is 1. The Labute approximate surface area is 94.0 Å². The minimum atomic E-state index is 0.435. The molecule has 1 fully saturated rings. The number of hydrogen-bond donors (Lipinski definition) is 1. The SMILES string of the molecule is COC1CCCN(CC(CN)C(C)C)C1. The number of ether oxygens (including phenoxy) is 1. The molecule has 3 heteroatoms. The van der Waals surface area contributed by atoms with Crippen LogP contribution in [0.4, 0.5) is 0 Å². The van der Waals surface area contributed by atoms with Gasteiger partial charge in [-0.15, -0.1) is 0 Å². The minimum absolute atomic E-state index is 0.435. The van der Waals surface area contributed by atoms with E-state index in [1.54, 1.807) is 0 Å². The molecular weight excluding hydrogens is 188 g/mol. The van der Waals surface area contributed by atoms with E-state index in [0.29, 0.717) is 17.9 Å². The van der Waals surface area contributed by atoms with E-state index < -0.39 is 0 Å². The second kappa shape index (κ2) is 6.46. The van der Waals surface area contributed by atoms with Crippen LogP contribution in [0.2, 0.25) is 0 Å². The van der Waals surface area contributed by atoms with E-state index in [9.17, 15) is 0 Å². The van der Waals surface area contributed by atoms with Gasteiger partial charge in [0.25, 0.3) is 0 Å². The van der Waals surface area contributed by atoms with Crippen molar-refractivity contribution in [3.05, 3.63) is 0 Å². The molecular formula is C12H26N2O. The lowest BCUT2D eigenvalue weighted by Gasteiger charge is -2.35. The Bertz CT molecular complexity index is 173. The quantitative estimate of drug-likeness (QED) is 0.750. The zero-order valence-corrected chi connectivity index (χ0v) is 10.4. The number of rotatable bonds is 5. The van der Waals surface area contributed by atoms with Gasteiger partial charge in [-0.3, -0.25) is 0 Å². The molecule has 0 aromatic rings. The van der Waals surface area contributed by atoms with Crippen LogP contribution in [-0.4, -0.2) is 44.3 Å². The Morgan fingerprint density at radius 2 is 2.20 bits per heavy atom. The Kier molecular flexibility index (Phi) is 5.58. The number of piperidine rings is 1. The van der Waals surface area contributed by atoms with Gasteiger partial charge in [0.1, 0.15) is 0 Å². The summed E-state index contributed by atoms with van der Waals surface area (Å²) >= 11 is 0. The van der Waals surface area contributed by atoms with Crippen LogP contribution >= 0.6 is 0 Å². The van der Waals surface area contributed by atoms with Crippen molar-refractivity contribution >= 4 is 0 Å². The predicted molar refractivity (Wildman–Crippen MR) is 63.9 cm³/mol. The molecule has 0 spiro atoms. The monoisotopic (exact) mass is 214 g/mol. The lowest BCUT2D eigenvalue weighted by Crippen LogP contribution is -2.43. The lowest BCUT2D eigenvalue weighted by molar-refractivity contribution is 0.0237. The van der Waals surface area contributed by atoms with E-state index in [0.717, 1.165) is 19.6 Å². The average molecular weight is 214 g/mol. The number of hydrogen-bond acceptors (Lipinski definition) is 3. The fourth-order valence-corrected chi connectivity index (χ4v) is 2.26. The predicted octanol–water partition coefficient (Wildman–Crippen LogP) is 1.33. The van der Waals surface area contributed by atoms with Crippen LogP contribution in [-0.2, 0) is 4.74 Å². The summed E-state index contributed by atoms with van der Waals surface area (Å²) in [7, 11) is 1.82. The van der Waals surface area contributed by atoms with E-state index in [1.165, 1.54) is 19.4 Å². The van der Waals surface area contributed by atoms with E-state index in [-0.39, 0.29) is 0 Å². The molecule has 0 bridgehead atoms. The third-order valence-corrected chi connectivity index (χ3v) is 3.53. The standard InChI is InChI=1S/C12H26N2O/c1-10(2)11(7-13)8-14-6-4-5-12(9-14)15-3/h10-12H,4-9,13H2,1-3H3. The van der Waals surface area contributed by atoms with Crippen molar-refractivity contribution in [1.82, 2.24) is 4.90 Å². The second-order valence-corrected chi connectivity index (χ2v) is 5.00. The topological polar surface area (TPSA) is 38.5 Å². The molecule has 0 saturated carbocycles. The fraction of sp³-hybridized carbons (Fsp3) is 1.00. The normalized spacial score (nSPS) is 25.8. The maximum absolute atomic E-state index is 5.80. The van der Waals surface area contributed by atoms with Crippen molar-refractivity contribution in [3.8, 4) is 0 Å². The minimum Gasteiger partial charge on any atom is -0.380 e. The Hall–Kier alpha value is -0.120. The zero-order valence-electron chi connectivity index (χ0n) is 10.4. The summed E-state index contributed by atoms with van der Waals surface area (Å²) in [4.78, 5) is 2.51. The molecule has 1 aliphatic heterocycles. The van der Waals surface area contributed by atoms with Gasteiger partial charge in [0.05, 0.1) is 6.10 Å². The fourth-order valence-electron chi connectivity index (χ4n) is 2.26. The van der Waals surface area contributed by atoms with Crippen molar-refractivity contribution in [2.45, 2.75) is 32.8 Å². The van der Waals surface area contributed by atoms with Crippen LogP contribution < -0.4 is 5.73 Å². The Morgan fingerprint density at radius 1 is 1.47 bits per heavy atom. The van der Waals surface area contributed by atoms with E-state index in [4.69, 9.17) is 10.5 Å². The smallest absolute Gasteiger partial charge is 0.0698 e. The van der Waals surface area contributed by atoms with Gasteiger partial charge in [0.2, 0.25) is 0 Å². The highest BCUT2D eigenvalue weighted by atomic mass is 16.5. The molecule has 1 heterocycles. The summed E-state index contributed by atoms with van der Waals surface area (Å²) in [6, 6.07) is 0. The molecule has 2 unspecified atom stereocenters. The van der Waals surface area contributed by atoms with Gasteiger partial charge in [0, 0.05) is 20.2 Å². The van der Waals surface area contributed by atoms with Crippen molar-refractivity contribution in [2.75, 3.05) is 33.3 Å². The van der Waals surface area contributed by atoms with Crippen molar-refractivity contribution in [1.29, 1.82) is 0 Å². The first-order chi connectivity index (χ1) is 7.17. The molecule has 0 amide bonds. The van der Waals surface area contributed by atoms with Gasteiger partial charge in [-0.05, 0) is 37.8 Å².